The average molecular weight is 402 g/mol. The zero-order valence-electron chi connectivity index (χ0n) is 17.5. The standard InChI is InChI=1S/C25H26N2O3/c1-4-27(22-8-6-5-7-9-22)25(29)20-11-13-21(14-12-20)26-24(28)17-30-23-15-10-18(2)19(3)16-23/h5-16H,4,17H2,1-3H3,(H,26,28). The van der Waals surface area contributed by atoms with Gasteiger partial charge in [0.15, 0.2) is 6.61 Å². The van der Waals surface area contributed by atoms with Crippen LogP contribution in [0.15, 0.2) is 72.8 Å². The van der Waals surface area contributed by atoms with Gasteiger partial charge in [-0.25, -0.2) is 0 Å². The van der Waals surface area contributed by atoms with E-state index in [4.69, 9.17) is 4.74 Å². The summed E-state index contributed by atoms with van der Waals surface area (Å²) in [5.41, 5.74) is 4.32. The predicted octanol–water partition coefficient (Wildman–Crippen LogP) is 4.99. The van der Waals surface area contributed by atoms with Crippen molar-refractivity contribution in [2.45, 2.75) is 20.8 Å². The molecule has 0 aliphatic carbocycles. The monoisotopic (exact) mass is 402 g/mol. The van der Waals surface area contributed by atoms with E-state index in [1.807, 2.05) is 69.3 Å². The number of benzene rings is 3. The van der Waals surface area contributed by atoms with Crippen LogP contribution in [-0.4, -0.2) is 25.0 Å². The van der Waals surface area contributed by atoms with Gasteiger partial charge in [0.1, 0.15) is 5.75 Å². The maximum absolute atomic E-state index is 12.8. The minimum Gasteiger partial charge on any atom is -0.484 e. The van der Waals surface area contributed by atoms with E-state index in [1.54, 1.807) is 29.2 Å². The van der Waals surface area contributed by atoms with E-state index in [9.17, 15) is 9.59 Å². The molecule has 0 bridgehead atoms. The fraction of sp³-hybridized carbons (Fsp3) is 0.200. The number of hydrogen-bond acceptors (Lipinski definition) is 3. The van der Waals surface area contributed by atoms with Gasteiger partial charge in [-0.15, -0.1) is 0 Å². The third kappa shape index (κ3) is 5.26. The highest BCUT2D eigenvalue weighted by Gasteiger charge is 2.16. The Hall–Kier alpha value is -3.60. The number of amides is 2. The van der Waals surface area contributed by atoms with Gasteiger partial charge >= 0.3 is 0 Å². The molecular formula is C25H26N2O3. The molecule has 0 aromatic heterocycles. The molecule has 0 saturated carbocycles. The molecule has 0 aliphatic heterocycles. The van der Waals surface area contributed by atoms with Gasteiger partial charge in [-0.05, 0) is 80.4 Å². The van der Waals surface area contributed by atoms with Crippen LogP contribution < -0.4 is 15.0 Å². The number of anilines is 2. The van der Waals surface area contributed by atoms with Crippen LogP contribution in [0.3, 0.4) is 0 Å². The Morgan fingerprint density at radius 3 is 2.23 bits per heavy atom. The van der Waals surface area contributed by atoms with Crippen molar-refractivity contribution in [3.05, 3.63) is 89.5 Å². The number of nitrogens with zero attached hydrogens (tertiary/aromatic N) is 1. The van der Waals surface area contributed by atoms with Crippen LogP contribution in [0.25, 0.3) is 0 Å². The van der Waals surface area contributed by atoms with Crippen molar-refractivity contribution < 1.29 is 14.3 Å². The van der Waals surface area contributed by atoms with Crippen LogP contribution in [0.2, 0.25) is 0 Å². The van der Waals surface area contributed by atoms with E-state index in [0.29, 0.717) is 23.5 Å². The van der Waals surface area contributed by atoms with Crippen molar-refractivity contribution in [1.29, 1.82) is 0 Å². The van der Waals surface area contributed by atoms with Gasteiger partial charge in [-0.2, -0.15) is 0 Å². The summed E-state index contributed by atoms with van der Waals surface area (Å²) in [6.45, 7) is 6.45. The third-order valence-electron chi connectivity index (χ3n) is 4.89. The van der Waals surface area contributed by atoms with Gasteiger partial charge < -0.3 is 15.0 Å². The summed E-state index contributed by atoms with van der Waals surface area (Å²) >= 11 is 0. The van der Waals surface area contributed by atoms with Gasteiger partial charge in [-0.3, -0.25) is 9.59 Å². The Morgan fingerprint density at radius 1 is 0.900 bits per heavy atom. The van der Waals surface area contributed by atoms with E-state index < -0.39 is 0 Å². The zero-order valence-corrected chi connectivity index (χ0v) is 17.5. The molecule has 0 heterocycles. The molecule has 0 radical (unpaired) electrons. The minimum absolute atomic E-state index is 0.0825. The topological polar surface area (TPSA) is 58.6 Å². The van der Waals surface area contributed by atoms with Crippen molar-refractivity contribution in [2.24, 2.45) is 0 Å². The molecule has 1 N–H and O–H groups in total. The van der Waals surface area contributed by atoms with Gasteiger partial charge in [0.2, 0.25) is 0 Å². The first-order chi connectivity index (χ1) is 14.5. The summed E-state index contributed by atoms with van der Waals surface area (Å²) in [4.78, 5) is 26.7. The van der Waals surface area contributed by atoms with Crippen molar-refractivity contribution in [3.8, 4) is 5.75 Å². The van der Waals surface area contributed by atoms with Crippen molar-refractivity contribution in [1.82, 2.24) is 0 Å². The molecule has 0 unspecified atom stereocenters. The number of aryl methyl sites for hydroxylation is 2. The Morgan fingerprint density at radius 2 is 1.60 bits per heavy atom. The van der Waals surface area contributed by atoms with Crippen molar-refractivity contribution in [2.75, 3.05) is 23.4 Å². The molecule has 154 valence electrons. The molecule has 2 amide bonds. The highest BCUT2D eigenvalue weighted by molar-refractivity contribution is 6.06. The number of carbonyl (C=O) groups excluding carboxylic acids is 2. The van der Waals surface area contributed by atoms with Crippen molar-refractivity contribution >= 4 is 23.2 Å². The predicted molar refractivity (Wildman–Crippen MR) is 120 cm³/mol. The van der Waals surface area contributed by atoms with Gasteiger partial charge in [-0.1, -0.05) is 24.3 Å². The molecule has 5 nitrogen and oxygen atoms in total. The molecule has 0 aliphatic rings. The van der Waals surface area contributed by atoms with E-state index in [-0.39, 0.29) is 18.4 Å². The number of ether oxygens (including phenoxy) is 1. The van der Waals surface area contributed by atoms with Crippen LogP contribution >= 0.6 is 0 Å². The fourth-order valence-corrected chi connectivity index (χ4v) is 3.05. The number of hydrogen-bond donors (Lipinski definition) is 1. The third-order valence-corrected chi connectivity index (χ3v) is 4.89. The molecule has 30 heavy (non-hydrogen) atoms. The largest absolute Gasteiger partial charge is 0.484 e. The van der Waals surface area contributed by atoms with E-state index in [0.717, 1.165) is 11.3 Å². The first kappa shape index (κ1) is 21.1. The molecule has 0 atom stereocenters. The summed E-state index contributed by atoms with van der Waals surface area (Å²) < 4.78 is 5.56. The smallest absolute Gasteiger partial charge is 0.262 e. The summed E-state index contributed by atoms with van der Waals surface area (Å²) in [5.74, 6) is 0.321. The van der Waals surface area contributed by atoms with Crippen LogP contribution in [0.4, 0.5) is 11.4 Å². The highest BCUT2D eigenvalue weighted by atomic mass is 16.5. The van der Waals surface area contributed by atoms with Crippen LogP contribution in [0.5, 0.6) is 5.75 Å². The van der Waals surface area contributed by atoms with E-state index in [2.05, 4.69) is 5.32 Å². The maximum atomic E-state index is 12.8. The Labute approximate surface area is 177 Å². The first-order valence-corrected chi connectivity index (χ1v) is 9.95. The summed E-state index contributed by atoms with van der Waals surface area (Å²) in [7, 11) is 0. The quantitative estimate of drug-likeness (QED) is 0.606. The Bertz CT molecular complexity index is 1010. The van der Waals surface area contributed by atoms with Gasteiger partial charge in [0, 0.05) is 23.5 Å². The molecule has 3 aromatic carbocycles. The SMILES string of the molecule is CCN(C(=O)c1ccc(NC(=O)COc2ccc(C)c(C)c2)cc1)c1ccccc1. The fourth-order valence-electron chi connectivity index (χ4n) is 3.05. The molecule has 0 spiro atoms. The number of nitrogens with one attached hydrogen (secondary N) is 1. The highest BCUT2D eigenvalue weighted by Crippen LogP contribution is 2.19. The average Bonchev–Trinajstić information content (AvgIpc) is 2.76. The van der Waals surface area contributed by atoms with Crippen molar-refractivity contribution in [3.63, 3.8) is 0 Å². The molecule has 0 saturated heterocycles. The lowest BCUT2D eigenvalue weighted by atomic mass is 10.1. The number of carbonyl (C=O) groups is 2. The molecular weight excluding hydrogens is 376 g/mol. The summed E-state index contributed by atoms with van der Waals surface area (Å²) in [6, 6.07) is 22.2. The molecule has 3 aromatic rings. The lowest BCUT2D eigenvalue weighted by Crippen LogP contribution is -2.30. The second-order valence-corrected chi connectivity index (χ2v) is 7.05. The second kappa shape index (κ2) is 9.74. The van der Waals surface area contributed by atoms with Crippen LogP contribution in [-0.2, 0) is 4.79 Å². The van der Waals surface area contributed by atoms with Gasteiger partial charge in [0.05, 0.1) is 0 Å². The minimum atomic E-state index is -0.258. The van der Waals surface area contributed by atoms with E-state index in [1.165, 1.54) is 5.56 Å². The first-order valence-electron chi connectivity index (χ1n) is 9.95. The summed E-state index contributed by atoms with van der Waals surface area (Å²) in [6.07, 6.45) is 0. The van der Waals surface area contributed by atoms with Crippen LogP contribution in [0, 0.1) is 13.8 Å². The zero-order chi connectivity index (χ0) is 21.5. The molecule has 5 heteroatoms. The normalized spacial score (nSPS) is 10.4. The van der Waals surface area contributed by atoms with E-state index >= 15 is 0 Å². The lowest BCUT2D eigenvalue weighted by Gasteiger charge is -2.21. The second-order valence-electron chi connectivity index (χ2n) is 7.05. The van der Waals surface area contributed by atoms with Crippen LogP contribution in [0.1, 0.15) is 28.4 Å². The summed E-state index contributed by atoms with van der Waals surface area (Å²) in [5, 5.41) is 2.79. The Balaban J connectivity index is 1.58. The molecule has 0 fully saturated rings. The lowest BCUT2D eigenvalue weighted by molar-refractivity contribution is -0.118. The number of rotatable bonds is 7. The Kier molecular flexibility index (Phi) is 6.86. The number of para-hydroxylation sites is 1. The molecule has 3 rings (SSSR count). The maximum Gasteiger partial charge on any atom is 0.262 e. The van der Waals surface area contributed by atoms with Gasteiger partial charge in [0.25, 0.3) is 11.8 Å².